The third-order valence-electron chi connectivity index (χ3n) is 3.97. The summed E-state index contributed by atoms with van der Waals surface area (Å²) < 4.78 is 0. The predicted molar refractivity (Wildman–Crippen MR) is 67.0 cm³/mol. The van der Waals surface area contributed by atoms with Gasteiger partial charge >= 0.3 is 5.97 Å². The number of hydrogen-bond acceptors (Lipinski definition) is 3. The van der Waals surface area contributed by atoms with Crippen molar-refractivity contribution < 1.29 is 9.90 Å². The zero-order valence-corrected chi connectivity index (χ0v) is 10.9. The van der Waals surface area contributed by atoms with E-state index in [1.165, 1.54) is 19.4 Å². The summed E-state index contributed by atoms with van der Waals surface area (Å²) in [6, 6.07) is 1.20. The number of carboxylic acids is 1. The molecule has 0 spiro atoms. The van der Waals surface area contributed by atoms with Gasteiger partial charge in [-0.3, -0.25) is 9.69 Å². The van der Waals surface area contributed by atoms with Gasteiger partial charge in [-0.1, -0.05) is 6.92 Å². The van der Waals surface area contributed by atoms with E-state index < -0.39 is 5.97 Å². The molecule has 0 aromatic carbocycles. The molecule has 2 atom stereocenters. The second kappa shape index (κ2) is 5.36. The summed E-state index contributed by atoms with van der Waals surface area (Å²) in [6.45, 7) is 5.62. The van der Waals surface area contributed by atoms with Gasteiger partial charge in [-0.05, 0) is 32.2 Å². The van der Waals surface area contributed by atoms with Gasteiger partial charge in [0.15, 0.2) is 0 Å². The van der Waals surface area contributed by atoms with Gasteiger partial charge in [0.1, 0.15) is 0 Å². The molecule has 2 rings (SSSR count). The molecule has 4 heteroatoms. The molecule has 0 aromatic heterocycles. The Kier molecular flexibility index (Phi) is 4.05. The third kappa shape index (κ3) is 3.68. The van der Waals surface area contributed by atoms with E-state index in [0.717, 1.165) is 25.6 Å². The fourth-order valence-electron chi connectivity index (χ4n) is 2.92. The zero-order valence-electron chi connectivity index (χ0n) is 10.9. The monoisotopic (exact) mass is 240 g/mol. The van der Waals surface area contributed by atoms with Gasteiger partial charge in [-0.25, -0.2) is 0 Å². The van der Waals surface area contributed by atoms with Crippen molar-refractivity contribution in [2.75, 3.05) is 26.7 Å². The molecule has 98 valence electrons. The normalized spacial score (nSPS) is 32.4. The molecular weight excluding hydrogens is 216 g/mol. The van der Waals surface area contributed by atoms with E-state index in [-0.39, 0.29) is 0 Å². The van der Waals surface area contributed by atoms with Crippen molar-refractivity contribution in [3.05, 3.63) is 0 Å². The van der Waals surface area contributed by atoms with E-state index in [2.05, 4.69) is 23.8 Å². The summed E-state index contributed by atoms with van der Waals surface area (Å²) in [5, 5.41) is 8.81. The maximum Gasteiger partial charge on any atom is 0.303 e. The van der Waals surface area contributed by atoms with Crippen LogP contribution in [-0.2, 0) is 4.79 Å². The standard InChI is InChI=1S/C13H24N2O2/c1-10-7-14(2)12(5-6-13(16)17)9-15(8-10)11-3-4-11/h10-12H,3-9H2,1-2H3,(H,16,17). The lowest BCUT2D eigenvalue weighted by molar-refractivity contribution is -0.137. The summed E-state index contributed by atoms with van der Waals surface area (Å²) in [7, 11) is 2.14. The number of likely N-dealkylation sites (N-methyl/N-ethyl adjacent to an activating group) is 1. The Morgan fingerprint density at radius 1 is 1.29 bits per heavy atom. The predicted octanol–water partition coefficient (Wildman–Crippen LogP) is 1.27. The largest absolute Gasteiger partial charge is 0.481 e. The Bertz CT molecular complexity index is 279. The summed E-state index contributed by atoms with van der Waals surface area (Å²) >= 11 is 0. The summed E-state index contributed by atoms with van der Waals surface area (Å²) in [6.07, 6.45) is 3.74. The lowest BCUT2D eigenvalue weighted by Crippen LogP contribution is -2.40. The van der Waals surface area contributed by atoms with E-state index in [9.17, 15) is 4.79 Å². The van der Waals surface area contributed by atoms with Crippen molar-refractivity contribution >= 4 is 5.97 Å². The van der Waals surface area contributed by atoms with Crippen LogP contribution in [0.2, 0.25) is 0 Å². The molecule has 1 aliphatic heterocycles. The van der Waals surface area contributed by atoms with E-state index >= 15 is 0 Å². The average Bonchev–Trinajstić information content (AvgIpc) is 3.03. The second-order valence-corrected chi connectivity index (χ2v) is 5.82. The molecular formula is C13H24N2O2. The molecule has 4 nitrogen and oxygen atoms in total. The molecule has 1 saturated heterocycles. The number of aliphatic carboxylic acids is 1. The van der Waals surface area contributed by atoms with Crippen molar-refractivity contribution in [2.45, 2.75) is 44.7 Å². The van der Waals surface area contributed by atoms with Crippen LogP contribution in [0, 0.1) is 5.92 Å². The summed E-state index contributed by atoms with van der Waals surface area (Å²) in [4.78, 5) is 15.6. The van der Waals surface area contributed by atoms with Crippen LogP contribution in [-0.4, -0.2) is 59.6 Å². The molecule has 1 saturated carbocycles. The van der Waals surface area contributed by atoms with Crippen LogP contribution in [0.1, 0.15) is 32.6 Å². The third-order valence-corrected chi connectivity index (χ3v) is 3.97. The molecule has 1 N–H and O–H groups in total. The number of rotatable bonds is 4. The maximum atomic E-state index is 10.7. The van der Waals surface area contributed by atoms with Crippen molar-refractivity contribution in [3.8, 4) is 0 Å². The van der Waals surface area contributed by atoms with Crippen LogP contribution in [0.5, 0.6) is 0 Å². The van der Waals surface area contributed by atoms with E-state index in [0.29, 0.717) is 18.4 Å². The summed E-state index contributed by atoms with van der Waals surface area (Å²) in [5.41, 5.74) is 0. The minimum atomic E-state index is -0.673. The molecule has 1 aliphatic carbocycles. The van der Waals surface area contributed by atoms with Gasteiger partial charge in [0.25, 0.3) is 0 Å². The van der Waals surface area contributed by atoms with Crippen molar-refractivity contribution in [1.29, 1.82) is 0 Å². The van der Waals surface area contributed by atoms with Crippen LogP contribution < -0.4 is 0 Å². The Hall–Kier alpha value is -0.610. The number of carboxylic acid groups (broad SMARTS) is 1. The smallest absolute Gasteiger partial charge is 0.303 e. The molecule has 0 radical (unpaired) electrons. The van der Waals surface area contributed by atoms with Crippen molar-refractivity contribution in [2.24, 2.45) is 5.92 Å². The van der Waals surface area contributed by atoms with Crippen molar-refractivity contribution in [3.63, 3.8) is 0 Å². The number of hydrogen-bond donors (Lipinski definition) is 1. The first-order chi connectivity index (χ1) is 8.06. The molecule has 2 unspecified atom stereocenters. The minimum absolute atomic E-state index is 0.294. The van der Waals surface area contributed by atoms with Crippen LogP contribution in [0.3, 0.4) is 0 Å². The Morgan fingerprint density at radius 2 is 2.00 bits per heavy atom. The van der Waals surface area contributed by atoms with Crippen molar-refractivity contribution in [1.82, 2.24) is 9.80 Å². The highest BCUT2D eigenvalue weighted by Crippen LogP contribution is 2.30. The highest BCUT2D eigenvalue weighted by molar-refractivity contribution is 5.66. The molecule has 0 bridgehead atoms. The second-order valence-electron chi connectivity index (χ2n) is 5.82. The quantitative estimate of drug-likeness (QED) is 0.803. The topological polar surface area (TPSA) is 43.8 Å². The fraction of sp³-hybridized carbons (Fsp3) is 0.923. The van der Waals surface area contributed by atoms with Gasteiger partial charge in [-0.2, -0.15) is 0 Å². The molecule has 2 fully saturated rings. The van der Waals surface area contributed by atoms with Crippen LogP contribution in [0.25, 0.3) is 0 Å². The first-order valence-corrected chi connectivity index (χ1v) is 6.72. The van der Waals surface area contributed by atoms with Gasteiger partial charge in [-0.15, -0.1) is 0 Å². The number of nitrogens with zero attached hydrogens (tertiary/aromatic N) is 2. The van der Waals surface area contributed by atoms with Gasteiger partial charge in [0.2, 0.25) is 0 Å². The molecule has 2 aliphatic rings. The van der Waals surface area contributed by atoms with Crippen LogP contribution in [0.4, 0.5) is 0 Å². The van der Waals surface area contributed by atoms with E-state index in [1.807, 2.05) is 0 Å². The maximum absolute atomic E-state index is 10.7. The lowest BCUT2D eigenvalue weighted by atomic mass is 10.1. The van der Waals surface area contributed by atoms with Crippen LogP contribution in [0.15, 0.2) is 0 Å². The summed E-state index contributed by atoms with van der Waals surface area (Å²) in [5.74, 6) is 0.0177. The highest BCUT2D eigenvalue weighted by atomic mass is 16.4. The SMILES string of the molecule is CC1CN(C)C(CCC(=O)O)CN(C2CC2)C1. The highest BCUT2D eigenvalue weighted by Gasteiger charge is 2.34. The van der Waals surface area contributed by atoms with Gasteiger partial charge in [0.05, 0.1) is 0 Å². The zero-order chi connectivity index (χ0) is 12.4. The molecule has 17 heavy (non-hydrogen) atoms. The Labute approximate surface area is 104 Å². The lowest BCUT2D eigenvalue weighted by Gasteiger charge is -2.28. The van der Waals surface area contributed by atoms with Crippen LogP contribution >= 0.6 is 0 Å². The fourth-order valence-corrected chi connectivity index (χ4v) is 2.92. The Balaban J connectivity index is 1.93. The van der Waals surface area contributed by atoms with Gasteiger partial charge < -0.3 is 10.0 Å². The average molecular weight is 240 g/mol. The first kappa shape index (κ1) is 12.8. The first-order valence-electron chi connectivity index (χ1n) is 6.72. The van der Waals surface area contributed by atoms with Gasteiger partial charge in [0, 0.05) is 38.1 Å². The minimum Gasteiger partial charge on any atom is -0.481 e. The van der Waals surface area contributed by atoms with E-state index in [4.69, 9.17) is 5.11 Å². The molecule has 0 aromatic rings. The Morgan fingerprint density at radius 3 is 2.59 bits per heavy atom. The number of carbonyl (C=O) groups is 1. The molecule has 1 heterocycles. The van der Waals surface area contributed by atoms with E-state index in [1.54, 1.807) is 0 Å². The molecule has 0 amide bonds.